The van der Waals surface area contributed by atoms with Gasteiger partial charge in [0.15, 0.2) is 17.5 Å². The number of nitrogens with zero attached hydrogens (tertiary/aromatic N) is 1. The number of methoxy groups -OCH3 is 2. The first-order valence-corrected chi connectivity index (χ1v) is 7.88. The average molecular weight is 455 g/mol. The number of rotatable bonds is 6. The van der Waals surface area contributed by atoms with Crippen LogP contribution in [0, 0.1) is 13.8 Å². The number of nitrogens with one attached hydrogen (secondary N) is 1. The van der Waals surface area contributed by atoms with E-state index in [2.05, 4.69) is 42.4 Å². The molecule has 0 aromatic heterocycles. The summed E-state index contributed by atoms with van der Waals surface area (Å²) in [5, 5.41) is 3.07. The van der Waals surface area contributed by atoms with Crippen molar-refractivity contribution in [3.8, 4) is 11.5 Å². The van der Waals surface area contributed by atoms with Crippen LogP contribution in [0.4, 0.5) is 5.69 Å². The Kier molecular flexibility index (Phi) is 8.54. The number of aryl methyl sites for hydroxylation is 2. The van der Waals surface area contributed by atoms with E-state index in [9.17, 15) is 0 Å². The minimum Gasteiger partial charge on any atom is -0.493 e. The second kappa shape index (κ2) is 10.1. The van der Waals surface area contributed by atoms with E-state index in [0.29, 0.717) is 24.0 Å². The molecule has 0 unspecified atom stereocenters. The topological polar surface area (TPSA) is 68.9 Å². The third-order valence-electron chi connectivity index (χ3n) is 3.62. The number of anilines is 1. The van der Waals surface area contributed by atoms with Crippen molar-refractivity contribution in [2.24, 2.45) is 10.7 Å². The summed E-state index contributed by atoms with van der Waals surface area (Å²) < 4.78 is 10.5. The molecule has 0 aliphatic heterocycles. The second-order valence-electron chi connectivity index (χ2n) is 5.71. The Hall–Kier alpha value is -1.96. The van der Waals surface area contributed by atoms with Crippen molar-refractivity contribution < 1.29 is 9.47 Å². The lowest BCUT2D eigenvalue weighted by Gasteiger charge is -2.11. The molecule has 0 amide bonds. The summed E-state index contributed by atoms with van der Waals surface area (Å²) in [6.07, 6.45) is 0.858. The summed E-state index contributed by atoms with van der Waals surface area (Å²) in [5.74, 6) is 1.70. The first-order chi connectivity index (χ1) is 11.5. The fraction of sp³-hybridized carbons (Fsp3) is 0.316. The number of hydrogen-bond acceptors (Lipinski definition) is 3. The van der Waals surface area contributed by atoms with Crippen LogP contribution < -0.4 is 20.5 Å². The number of halogens is 1. The van der Waals surface area contributed by atoms with Gasteiger partial charge in [-0.15, -0.1) is 24.0 Å². The highest BCUT2D eigenvalue weighted by atomic mass is 127. The van der Waals surface area contributed by atoms with Gasteiger partial charge in [-0.2, -0.15) is 0 Å². The van der Waals surface area contributed by atoms with Crippen LogP contribution in [0.25, 0.3) is 0 Å². The summed E-state index contributed by atoms with van der Waals surface area (Å²) in [6.45, 7) is 4.84. The van der Waals surface area contributed by atoms with E-state index in [-0.39, 0.29) is 24.0 Å². The Morgan fingerprint density at radius 1 is 1.00 bits per heavy atom. The van der Waals surface area contributed by atoms with Gasteiger partial charge >= 0.3 is 0 Å². The Morgan fingerprint density at radius 3 is 2.24 bits per heavy atom. The molecule has 3 N–H and O–H groups in total. The fourth-order valence-corrected chi connectivity index (χ4v) is 2.62. The van der Waals surface area contributed by atoms with E-state index < -0.39 is 0 Å². The number of guanidine groups is 1. The van der Waals surface area contributed by atoms with Gasteiger partial charge in [0.05, 0.1) is 14.2 Å². The maximum Gasteiger partial charge on any atom is 0.193 e. The van der Waals surface area contributed by atoms with E-state index in [4.69, 9.17) is 15.2 Å². The quantitative estimate of drug-likeness (QED) is 0.394. The first kappa shape index (κ1) is 21.1. The minimum atomic E-state index is 0. The van der Waals surface area contributed by atoms with Crippen molar-refractivity contribution in [3.63, 3.8) is 0 Å². The van der Waals surface area contributed by atoms with Crippen molar-refractivity contribution in [3.05, 3.63) is 53.1 Å². The Labute approximate surface area is 166 Å². The molecule has 6 heteroatoms. The van der Waals surface area contributed by atoms with Crippen LogP contribution in [0.1, 0.15) is 16.7 Å². The van der Waals surface area contributed by atoms with Crippen molar-refractivity contribution in [2.75, 3.05) is 26.1 Å². The maximum absolute atomic E-state index is 5.96. The smallest absolute Gasteiger partial charge is 0.193 e. The molecule has 0 fully saturated rings. The number of ether oxygens (including phenoxy) is 2. The van der Waals surface area contributed by atoms with Crippen molar-refractivity contribution in [1.29, 1.82) is 0 Å². The molecule has 2 aromatic carbocycles. The second-order valence-corrected chi connectivity index (χ2v) is 5.71. The molecule has 2 rings (SSSR count). The SMILES string of the molecule is COc1ccc(NC(N)=NCCc2cc(C)cc(C)c2)cc1OC.I. The van der Waals surface area contributed by atoms with E-state index in [1.165, 1.54) is 16.7 Å². The average Bonchev–Trinajstić information content (AvgIpc) is 2.53. The molecule has 0 saturated carbocycles. The maximum atomic E-state index is 5.96. The molecule has 5 nitrogen and oxygen atoms in total. The Balaban J connectivity index is 0.00000312. The summed E-state index contributed by atoms with van der Waals surface area (Å²) >= 11 is 0. The van der Waals surface area contributed by atoms with Gasteiger partial charge in [0.25, 0.3) is 0 Å². The van der Waals surface area contributed by atoms with Gasteiger partial charge in [0.2, 0.25) is 0 Å². The molecular weight excluding hydrogens is 429 g/mol. The molecule has 136 valence electrons. The van der Waals surface area contributed by atoms with Crippen LogP contribution in [0.5, 0.6) is 11.5 Å². The van der Waals surface area contributed by atoms with Gasteiger partial charge in [-0.05, 0) is 38.0 Å². The van der Waals surface area contributed by atoms with Crippen molar-refractivity contribution in [1.82, 2.24) is 0 Å². The molecule has 0 radical (unpaired) electrons. The van der Waals surface area contributed by atoms with Crippen LogP contribution in [0.15, 0.2) is 41.4 Å². The van der Waals surface area contributed by atoms with E-state index in [1.54, 1.807) is 14.2 Å². The predicted molar refractivity (Wildman–Crippen MR) is 115 cm³/mol. The normalized spacial score (nSPS) is 10.8. The third kappa shape index (κ3) is 6.45. The van der Waals surface area contributed by atoms with Gasteiger partial charge in [0.1, 0.15) is 0 Å². The van der Waals surface area contributed by atoms with Crippen LogP contribution in [0.3, 0.4) is 0 Å². The number of benzene rings is 2. The van der Waals surface area contributed by atoms with E-state index in [1.807, 2.05) is 18.2 Å². The molecule has 0 bridgehead atoms. The highest BCUT2D eigenvalue weighted by molar-refractivity contribution is 14.0. The van der Waals surface area contributed by atoms with E-state index in [0.717, 1.165) is 12.1 Å². The Bertz CT molecular complexity index is 712. The van der Waals surface area contributed by atoms with Gasteiger partial charge in [-0.3, -0.25) is 4.99 Å². The summed E-state index contributed by atoms with van der Waals surface area (Å²) in [5.41, 5.74) is 10.6. The van der Waals surface area contributed by atoms with Crippen LogP contribution in [0.2, 0.25) is 0 Å². The zero-order valence-corrected chi connectivity index (χ0v) is 17.5. The Morgan fingerprint density at radius 2 is 1.64 bits per heavy atom. The molecule has 0 aliphatic carbocycles. The predicted octanol–water partition coefficient (Wildman–Crippen LogP) is 3.91. The lowest BCUT2D eigenvalue weighted by Crippen LogP contribution is -2.23. The molecule has 2 aromatic rings. The zero-order valence-electron chi connectivity index (χ0n) is 15.1. The molecule has 0 heterocycles. The van der Waals surface area contributed by atoms with Crippen LogP contribution in [-0.2, 0) is 6.42 Å². The molecule has 0 spiro atoms. The highest BCUT2D eigenvalue weighted by Gasteiger charge is 2.05. The van der Waals surface area contributed by atoms with Gasteiger partial charge in [-0.1, -0.05) is 29.3 Å². The molecule has 25 heavy (non-hydrogen) atoms. The lowest BCUT2D eigenvalue weighted by molar-refractivity contribution is 0.355. The minimum absolute atomic E-state index is 0. The van der Waals surface area contributed by atoms with Crippen LogP contribution >= 0.6 is 24.0 Å². The van der Waals surface area contributed by atoms with Gasteiger partial charge in [0, 0.05) is 18.3 Å². The van der Waals surface area contributed by atoms with Crippen LogP contribution in [-0.4, -0.2) is 26.7 Å². The first-order valence-electron chi connectivity index (χ1n) is 7.88. The van der Waals surface area contributed by atoms with E-state index >= 15 is 0 Å². The summed E-state index contributed by atoms with van der Waals surface area (Å²) in [6, 6.07) is 12.0. The van der Waals surface area contributed by atoms with Gasteiger partial charge < -0.3 is 20.5 Å². The summed E-state index contributed by atoms with van der Waals surface area (Å²) in [4.78, 5) is 4.38. The fourth-order valence-electron chi connectivity index (χ4n) is 2.62. The monoisotopic (exact) mass is 455 g/mol. The third-order valence-corrected chi connectivity index (χ3v) is 3.62. The molecule has 0 saturated heterocycles. The van der Waals surface area contributed by atoms with Crippen molar-refractivity contribution >= 4 is 35.6 Å². The largest absolute Gasteiger partial charge is 0.493 e. The highest BCUT2D eigenvalue weighted by Crippen LogP contribution is 2.29. The lowest BCUT2D eigenvalue weighted by atomic mass is 10.1. The standard InChI is InChI=1S/C19H25N3O2.HI/c1-13-9-14(2)11-15(10-13)7-8-21-19(20)22-16-5-6-17(23-3)18(12-16)24-4;/h5-6,9-12H,7-8H2,1-4H3,(H3,20,21,22);1H. The van der Waals surface area contributed by atoms with Gasteiger partial charge in [-0.25, -0.2) is 0 Å². The number of nitrogens with two attached hydrogens (primary N) is 1. The number of aliphatic imine (C=N–C) groups is 1. The molecule has 0 aliphatic rings. The number of hydrogen-bond donors (Lipinski definition) is 2. The van der Waals surface area contributed by atoms with Crippen molar-refractivity contribution in [2.45, 2.75) is 20.3 Å². The zero-order chi connectivity index (χ0) is 17.5. The summed E-state index contributed by atoms with van der Waals surface area (Å²) in [7, 11) is 3.21. The molecular formula is C19H26IN3O2. The molecule has 0 atom stereocenters.